The molecule has 2 aromatic carbocycles. The summed E-state index contributed by atoms with van der Waals surface area (Å²) in [6.45, 7) is -0.153. The third kappa shape index (κ3) is 4.17. The SMILES string of the molecule is COc1cc(/C=C2/SC(=O)N(Cc3ccc(F)cc3Cl)C2=O)cc([N+](=O)[O-])c1O. The zero-order valence-corrected chi connectivity index (χ0v) is 16.3. The molecule has 150 valence electrons. The molecule has 1 saturated heterocycles. The molecule has 11 heteroatoms. The van der Waals surface area contributed by atoms with Gasteiger partial charge in [-0.05, 0) is 47.2 Å². The molecule has 0 bridgehead atoms. The zero-order chi connectivity index (χ0) is 21.3. The number of benzene rings is 2. The maximum Gasteiger partial charge on any atom is 0.315 e. The quantitative estimate of drug-likeness (QED) is 0.420. The summed E-state index contributed by atoms with van der Waals surface area (Å²) in [5, 5.41) is 20.4. The zero-order valence-electron chi connectivity index (χ0n) is 14.7. The van der Waals surface area contributed by atoms with Gasteiger partial charge in [0.05, 0.1) is 23.5 Å². The first-order valence-corrected chi connectivity index (χ1v) is 9.15. The minimum absolute atomic E-state index is 0.0234. The van der Waals surface area contributed by atoms with Gasteiger partial charge >= 0.3 is 5.69 Å². The fourth-order valence-corrected chi connectivity index (χ4v) is 3.67. The molecule has 1 aliphatic rings. The molecule has 0 atom stereocenters. The van der Waals surface area contributed by atoms with E-state index in [2.05, 4.69) is 0 Å². The number of halogens is 2. The Bertz CT molecular complexity index is 1070. The van der Waals surface area contributed by atoms with Gasteiger partial charge in [0, 0.05) is 11.1 Å². The average Bonchev–Trinajstić information content (AvgIpc) is 2.92. The van der Waals surface area contributed by atoms with Crippen molar-refractivity contribution in [2.24, 2.45) is 0 Å². The average molecular weight is 439 g/mol. The summed E-state index contributed by atoms with van der Waals surface area (Å²) in [5.41, 5.74) is -0.0249. The van der Waals surface area contributed by atoms with Crippen molar-refractivity contribution < 1.29 is 28.7 Å². The van der Waals surface area contributed by atoms with E-state index < -0.39 is 33.3 Å². The topological polar surface area (TPSA) is 110 Å². The number of imide groups is 1. The lowest BCUT2D eigenvalue weighted by atomic mass is 10.1. The van der Waals surface area contributed by atoms with E-state index in [0.717, 1.165) is 23.1 Å². The van der Waals surface area contributed by atoms with Gasteiger partial charge in [0.1, 0.15) is 5.82 Å². The van der Waals surface area contributed by atoms with Gasteiger partial charge in [0.2, 0.25) is 5.75 Å². The molecule has 0 spiro atoms. The van der Waals surface area contributed by atoms with Crippen molar-refractivity contribution in [3.63, 3.8) is 0 Å². The van der Waals surface area contributed by atoms with Crippen LogP contribution in [0.4, 0.5) is 14.9 Å². The summed E-state index contributed by atoms with van der Waals surface area (Å²) in [6.07, 6.45) is 1.28. The number of nitro groups is 1. The van der Waals surface area contributed by atoms with E-state index >= 15 is 0 Å². The molecule has 8 nitrogen and oxygen atoms in total. The largest absolute Gasteiger partial charge is 0.500 e. The van der Waals surface area contributed by atoms with Crippen molar-refractivity contribution in [1.82, 2.24) is 4.90 Å². The molecule has 3 rings (SSSR count). The Hall–Kier alpha value is -3.11. The Balaban J connectivity index is 1.92. The van der Waals surface area contributed by atoms with E-state index in [1.807, 2.05) is 0 Å². The molecule has 2 aromatic rings. The van der Waals surface area contributed by atoms with Crippen molar-refractivity contribution in [2.45, 2.75) is 6.54 Å². The molecule has 29 heavy (non-hydrogen) atoms. The summed E-state index contributed by atoms with van der Waals surface area (Å²) in [6, 6.07) is 5.97. The van der Waals surface area contributed by atoms with Crippen molar-refractivity contribution in [1.29, 1.82) is 0 Å². The van der Waals surface area contributed by atoms with Gasteiger partial charge < -0.3 is 9.84 Å². The molecular formula is C18H12ClFN2O6S. The van der Waals surface area contributed by atoms with E-state index in [0.29, 0.717) is 17.3 Å². The molecule has 0 aliphatic carbocycles. The Morgan fingerprint density at radius 3 is 2.69 bits per heavy atom. The van der Waals surface area contributed by atoms with Crippen molar-refractivity contribution in [3.8, 4) is 11.5 Å². The van der Waals surface area contributed by atoms with Gasteiger partial charge in [-0.1, -0.05) is 17.7 Å². The lowest BCUT2D eigenvalue weighted by Crippen LogP contribution is -2.27. The third-order valence-corrected chi connectivity index (χ3v) is 5.27. The van der Waals surface area contributed by atoms with E-state index in [9.17, 15) is 29.2 Å². The Morgan fingerprint density at radius 2 is 2.07 bits per heavy atom. The molecule has 2 amide bonds. The predicted octanol–water partition coefficient (Wildman–Crippen LogP) is 4.34. The van der Waals surface area contributed by atoms with Crippen LogP contribution in [0.1, 0.15) is 11.1 Å². The summed E-state index contributed by atoms with van der Waals surface area (Å²) in [4.78, 5) is 36.1. The van der Waals surface area contributed by atoms with Crippen LogP contribution in [-0.4, -0.2) is 33.2 Å². The Kier molecular flexibility index (Phi) is 5.76. The smallest absolute Gasteiger partial charge is 0.315 e. The molecule has 1 heterocycles. The number of nitrogens with zero attached hydrogens (tertiary/aromatic N) is 2. The van der Waals surface area contributed by atoms with Crippen molar-refractivity contribution in [2.75, 3.05) is 7.11 Å². The van der Waals surface area contributed by atoms with E-state index in [4.69, 9.17) is 16.3 Å². The van der Waals surface area contributed by atoms with Gasteiger partial charge in [0.15, 0.2) is 5.75 Å². The number of nitro benzene ring substituents is 1. The Labute approximate surface area is 172 Å². The normalized spacial score (nSPS) is 15.3. The second-order valence-corrected chi connectivity index (χ2v) is 7.25. The van der Waals surface area contributed by atoms with Gasteiger partial charge in [-0.25, -0.2) is 4.39 Å². The minimum atomic E-state index is -0.794. The van der Waals surface area contributed by atoms with Crippen molar-refractivity contribution >= 4 is 46.3 Å². The van der Waals surface area contributed by atoms with Gasteiger partial charge in [0.25, 0.3) is 11.1 Å². The van der Waals surface area contributed by atoms with Crippen LogP contribution >= 0.6 is 23.4 Å². The molecule has 0 radical (unpaired) electrons. The number of phenols is 1. The van der Waals surface area contributed by atoms with E-state index in [1.165, 1.54) is 25.3 Å². The van der Waals surface area contributed by atoms with Crippen LogP contribution in [0.15, 0.2) is 35.2 Å². The lowest BCUT2D eigenvalue weighted by Gasteiger charge is -2.13. The van der Waals surface area contributed by atoms with E-state index in [1.54, 1.807) is 0 Å². The first-order valence-electron chi connectivity index (χ1n) is 7.96. The number of amides is 2. The molecule has 0 saturated carbocycles. The number of phenolic OH excluding ortho intramolecular Hbond substituents is 1. The second kappa shape index (κ2) is 8.10. The molecule has 1 aliphatic heterocycles. The van der Waals surface area contributed by atoms with Crippen LogP contribution in [-0.2, 0) is 11.3 Å². The number of hydrogen-bond acceptors (Lipinski definition) is 7. The first-order chi connectivity index (χ1) is 13.7. The number of carbonyl (C=O) groups excluding carboxylic acids is 2. The van der Waals surface area contributed by atoms with Crippen LogP contribution < -0.4 is 4.74 Å². The van der Waals surface area contributed by atoms with Crippen LogP contribution in [0.2, 0.25) is 5.02 Å². The molecule has 0 aromatic heterocycles. The summed E-state index contributed by atoms with van der Waals surface area (Å²) in [5.74, 6) is -1.97. The van der Waals surface area contributed by atoms with Crippen LogP contribution in [0, 0.1) is 15.9 Å². The second-order valence-electron chi connectivity index (χ2n) is 5.85. The number of thioether (sulfide) groups is 1. The number of aromatic hydroxyl groups is 1. The highest BCUT2D eigenvalue weighted by Gasteiger charge is 2.35. The monoisotopic (exact) mass is 438 g/mol. The highest BCUT2D eigenvalue weighted by molar-refractivity contribution is 8.18. The standard InChI is InChI=1S/C18H12ClFN2O6S/c1-28-14-5-9(4-13(16(14)23)22(26)27)6-15-17(24)21(18(25)29-15)8-10-2-3-11(20)7-12(10)19/h2-7,23H,8H2,1H3/b15-6+. The number of carbonyl (C=O) groups is 2. The fourth-order valence-electron chi connectivity index (χ4n) is 2.60. The van der Waals surface area contributed by atoms with Gasteiger partial charge in [-0.2, -0.15) is 0 Å². The highest BCUT2D eigenvalue weighted by Crippen LogP contribution is 2.39. The van der Waals surface area contributed by atoms with Gasteiger partial charge in [-0.3, -0.25) is 24.6 Å². The van der Waals surface area contributed by atoms with Crippen LogP contribution in [0.25, 0.3) is 6.08 Å². The number of methoxy groups -OCH3 is 1. The highest BCUT2D eigenvalue weighted by atomic mass is 35.5. The number of rotatable bonds is 5. The Morgan fingerprint density at radius 1 is 1.34 bits per heavy atom. The number of ether oxygens (including phenoxy) is 1. The summed E-state index contributed by atoms with van der Waals surface area (Å²) in [7, 11) is 1.23. The maximum absolute atomic E-state index is 13.2. The van der Waals surface area contributed by atoms with Crippen LogP contribution in [0.3, 0.4) is 0 Å². The predicted molar refractivity (Wildman–Crippen MR) is 104 cm³/mol. The minimum Gasteiger partial charge on any atom is -0.500 e. The fraction of sp³-hybridized carbons (Fsp3) is 0.111. The molecule has 0 unspecified atom stereocenters. The first kappa shape index (κ1) is 20.6. The van der Waals surface area contributed by atoms with Crippen molar-refractivity contribution in [3.05, 3.63) is 67.3 Å². The molecular weight excluding hydrogens is 427 g/mol. The number of hydrogen-bond donors (Lipinski definition) is 1. The van der Waals surface area contributed by atoms with Crippen LogP contribution in [0.5, 0.6) is 11.5 Å². The third-order valence-electron chi connectivity index (χ3n) is 4.01. The summed E-state index contributed by atoms with van der Waals surface area (Å²) >= 11 is 6.60. The van der Waals surface area contributed by atoms with E-state index in [-0.39, 0.29) is 27.8 Å². The molecule has 1 fully saturated rings. The molecule has 1 N–H and O–H groups in total. The maximum atomic E-state index is 13.2. The summed E-state index contributed by atoms with van der Waals surface area (Å²) < 4.78 is 18.1. The lowest BCUT2D eigenvalue weighted by molar-refractivity contribution is -0.386. The van der Waals surface area contributed by atoms with Gasteiger partial charge in [-0.15, -0.1) is 0 Å².